The van der Waals surface area contributed by atoms with Crippen molar-refractivity contribution >= 4 is 24.7 Å². The minimum atomic E-state index is -2.70. The van der Waals surface area contributed by atoms with Gasteiger partial charge < -0.3 is 18.6 Å². The monoisotopic (exact) mass is 524 g/mol. The summed E-state index contributed by atoms with van der Waals surface area (Å²) in [6.45, 7) is 9.24. The van der Waals surface area contributed by atoms with Crippen LogP contribution in [-0.2, 0) is 23.4 Å². The summed E-state index contributed by atoms with van der Waals surface area (Å²) in [5.41, 5.74) is 0. The lowest BCUT2D eigenvalue weighted by Crippen LogP contribution is -2.67. The zero-order valence-corrected chi connectivity index (χ0v) is 24.3. The maximum absolute atomic E-state index is 11.5. The van der Waals surface area contributed by atoms with Crippen LogP contribution < -0.4 is 10.4 Å². The minimum absolute atomic E-state index is 0.0931. The van der Waals surface area contributed by atoms with Crippen LogP contribution in [0.3, 0.4) is 0 Å². The minimum Gasteiger partial charge on any atom is -0.466 e. The van der Waals surface area contributed by atoms with Gasteiger partial charge in [-0.1, -0.05) is 119 Å². The van der Waals surface area contributed by atoms with Crippen LogP contribution in [0.1, 0.15) is 53.4 Å². The second-order valence-electron chi connectivity index (χ2n) is 10.1. The van der Waals surface area contributed by atoms with Gasteiger partial charge in [0.1, 0.15) is 6.79 Å². The first kappa shape index (κ1) is 30.7. The maximum atomic E-state index is 11.5. The quantitative estimate of drug-likeness (QED) is 0.0971. The van der Waals surface area contributed by atoms with Crippen LogP contribution in [0.15, 0.2) is 85.0 Å². The molecule has 0 heterocycles. The van der Waals surface area contributed by atoms with Crippen LogP contribution in [0.5, 0.6) is 0 Å². The number of unbranched alkanes of at least 4 members (excludes halogenated alkanes) is 1. The number of hydrogen-bond donors (Lipinski definition) is 0. The van der Waals surface area contributed by atoms with Crippen molar-refractivity contribution < 1.29 is 23.4 Å². The Hall–Kier alpha value is -2.51. The van der Waals surface area contributed by atoms with Crippen LogP contribution in [0.25, 0.3) is 0 Å². The normalized spacial score (nSPS) is 14.2. The maximum Gasteiger partial charge on any atom is 0.330 e. The molecule has 0 saturated heterocycles. The number of hydrogen-bond acceptors (Lipinski definition) is 5. The lowest BCUT2D eigenvalue weighted by molar-refractivity contribution is -0.134. The molecule has 0 N–H and O–H groups in total. The molecule has 0 aliphatic carbocycles. The number of carbonyl (C=O) groups is 1. The SMILES string of the molecule is CCCC[C@@H](/C=C\[C@@H](C/C=C\C(=O)OC)OCOC)O[Si](c1ccccc1)(c1ccccc1)C(C)(C)C. The molecule has 2 rings (SSSR count). The second-order valence-corrected chi connectivity index (χ2v) is 14.4. The molecule has 0 radical (unpaired) electrons. The molecule has 2 aromatic carbocycles. The van der Waals surface area contributed by atoms with E-state index in [0.29, 0.717) is 6.42 Å². The first-order chi connectivity index (χ1) is 17.8. The van der Waals surface area contributed by atoms with Gasteiger partial charge >= 0.3 is 5.97 Å². The molecule has 0 amide bonds. The Morgan fingerprint density at radius 2 is 1.49 bits per heavy atom. The van der Waals surface area contributed by atoms with Crippen molar-refractivity contribution in [2.75, 3.05) is 21.0 Å². The number of methoxy groups -OCH3 is 2. The van der Waals surface area contributed by atoms with Crippen molar-refractivity contribution in [1.82, 2.24) is 0 Å². The fourth-order valence-electron chi connectivity index (χ4n) is 4.49. The second kappa shape index (κ2) is 15.7. The average molecular weight is 525 g/mol. The van der Waals surface area contributed by atoms with Crippen LogP contribution in [0.4, 0.5) is 0 Å². The van der Waals surface area contributed by atoms with Crippen LogP contribution in [0.2, 0.25) is 5.04 Å². The van der Waals surface area contributed by atoms with Crippen LogP contribution in [0, 0.1) is 0 Å². The van der Waals surface area contributed by atoms with E-state index in [2.05, 4.69) is 94.4 Å². The molecule has 2 atom stereocenters. The summed E-state index contributed by atoms with van der Waals surface area (Å²) in [4.78, 5) is 11.5. The summed E-state index contributed by atoms with van der Waals surface area (Å²) in [6, 6.07) is 21.4. The third-order valence-electron chi connectivity index (χ3n) is 6.35. The van der Waals surface area contributed by atoms with Crippen molar-refractivity contribution in [3.63, 3.8) is 0 Å². The molecule has 37 heavy (non-hydrogen) atoms. The largest absolute Gasteiger partial charge is 0.466 e. The van der Waals surface area contributed by atoms with E-state index in [9.17, 15) is 4.79 Å². The summed E-state index contributed by atoms with van der Waals surface area (Å²) in [5.74, 6) is -0.384. The Bertz CT molecular complexity index is 927. The highest BCUT2D eigenvalue weighted by atomic mass is 28.4. The fraction of sp³-hybridized carbons (Fsp3) is 0.452. The lowest BCUT2D eigenvalue weighted by atomic mass is 10.1. The van der Waals surface area contributed by atoms with E-state index in [1.807, 2.05) is 6.08 Å². The zero-order valence-electron chi connectivity index (χ0n) is 23.3. The van der Waals surface area contributed by atoms with E-state index < -0.39 is 8.32 Å². The highest BCUT2D eigenvalue weighted by Gasteiger charge is 2.51. The van der Waals surface area contributed by atoms with Crippen LogP contribution in [-0.4, -0.2) is 47.5 Å². The molecule has 0 bridgehead atoms. The Balaban J connectivity index is 2.48. The Kier molecular flexibility index (Phi) is 13.0. The van der Waals surface area contributed by atoms with Gasteiger partial charge in [-0.15, -0.1) is 0 Å². The van der Waals surface area contributed by atoms with E-state index in [1.54, 1.807) is 13.2 Å². The third kappa shape index (κ3) is 9.07. The van der Waals surface area contributed by atoms with Gasteiger partial charge in [-0.3, -0.25) is 0 Å². The summed E-state index contributed by atoms with van der Waals surface area (Å²) < 4.78 is 23.1. The first-order valence-corrected chi connectivity index (χ1v) is 15.0. The molecule has 0 aliphatic rings. The molecule has 202 valence electrons. The van der Waals surface area contributed by atoms with Gasteiger partial charge in [0.25, 0.3) is 8.32 Å². The molecular formula is C31H44O5Si. The molecule has 0 spiro atoms. The van der Waals surface area contributed by atoms with Gasteiger partial charge in [0.2, 0.25) is 0 Å². The predicted octanol–water partition coefficient (Wildman–Crippen LogP) is 5.79. The fourth-order valence-corrected chi connectivity index (χ4v) is 9.16. The first-order valence-electron chi connectivity index (χ1n) is 13.1. The molecular weight excluding hydrogens is 480 g/mol. The number of esters is 1. The topological polar surface area (TPSA) is 54.0 Å². The number of rotatable bonds is 15. The Labute approximate surface area is 224 Å². The van der Waals surface area contributed by atoms with Gasteiger partial charge in [-0.05, 0) is 28.3 Å². The smallest absolute Gasteiger partial charge is 0.330 e. The molecule has 2 aromatic rings. The molecule has 6 heteroatoms. The van der Waals surface area contributed by atoms with E-state index in [4.69, 9.17) is 18.6 Å². The van der Waals surface area contributed by atoms with Crippen molar-refractivity contribution in [3.8, 4) is 0 Å². The standard InChI is InChI=1S/C31H44O5Si/c1-7-8-16-27(24-23-26(35-25-33-5)17-15-22-30(32)34-6)36-37(31(2,3)4,28-18-11-9-12-19-28)29-20-13-10-14-21-29/h9-15,18-24,26-27H,7-8,16-17,25H2,1-6H3/b22-15-,24-23-/t26-,27+/m1/s1. The summed E-state index contributed by atoms with van der Waals surface area (Å²) in [5, 5.41) is 2.41. The molecule has 0 saturated carbocycles. The van der Waals surface area contributed by atoms with Crippen molar-refractivity contribution in [3.05, 3.63) is 85.0 Å². The number of benzene rings is 2. The van der Waals surface area contributed by atoms with Gasteiger partial charge in [0.15, 0.2) is 0 Å². The van der Waals surface area contributed by atoms with Gasteiger partial charge in [0.05, 0.1) is 19.3 Å². The Morgan fingerprint density at radius 3 is 1.97 bits per heavy atom. The lowest BCUT2D eigenvalue weighted by Gasteiger charge is -2.45. The van der Waals surface area contributed by atoms with E-state index in [-0.39, 0.29) is 30.0 Å². The van der Waals surface area contributed by atoms with Crippen molar-refractivity contribution in [2.45, 2.75) is 70.6 Å². The predicted molar refractivity (Wildman–Crippen MR) is 154 cm³/mol. The van der Waals surface area contributed by atoms with Crippen LogP contribution >= 0.6 is 0 Å². The highest BCUT2D eigenvalue weighted by molar-refractivity contribution is 6.99. The van der Waals surface area contributed by atoms with E-state index in [1.165, 1.54) is 23.6 Å². The molecule has 5 nitrogen and oxygen atoms in total. The zero-order chi connectivity index (χ0) is 27.2. The number of carbonyl (C=O) groups excluding carboxylic acids is 1. The van der Waals surface area contributed by atoms with Crippen molar-refractivity contribution in [2.24, 2.45) is 0 Å². The molecule has 0 aromatic heterocycles. The average Bonchev–Trinajstić information content (AvgIpc) is 2.90. The molecule has 0 unspecified atom stereocenters. The van der Waals surface area contributed by atoms with Gasteiger partial charge in [-0.2, -0.15) is 0 Å². The van der Waals surface area contributed by atoms with Crippen molar-refractivity contribution in [1.29, 1.82) is 0 Å². The molecule has 0 fully saturated rings. The molecule has 0 aliphatic heterocycles. The van der Waals surface area contributed by atoms with E-state index in [0.717, 1.165) is 19.3 Å². The van der Waals surface area contributed by atoms with E-state index >= 15 is 0 Å². The summed E-state index contributed by atoms with van der Waals surface area (Å²) in [6.07, 6.45) is 10.6. The summed E-state index contributed by atoms with van der Waals surface area (Å²) in [7, 11) is 0.269. The third-order valence-corrected chi connectivity index (χ3v) is 11.4. The summed E-state index contributed by atoms with van der Waals surface area (Å²) >= 11 is 0. The van der Waals surface area contributed by atoms with Gasteiger partial charge in [0, 0.05) is 13.2 Å². The Morgan fingerprint density at radius 1 is 0.919 bits per heavy atom. The highest BCUT2D eigenvalue weighted by Crippen LogP contribution is 2.38. The number of ether oxygens (including phenoxy) is 3. The van der Waals surface area contributed by atoms with Gasteiger partial charge in [-0.25, -0.2) is 4.79 Å².